The fourth-order valence-electron chi connectivity index (χ4n) is 10.1. The van der Waals surface area contributed by atoms with Crippen molar-refractivity contribution in [3.63, 3.8) is 0 Å². The van der Waals surface area contributed by atoms with Gasteiger partial charge in [0.05, 0.1) is 45.0 Å². The molecule has 2 aliphatic rings. The highest BCUT2D eigenvalue weighted by atomic mass is 16.4. The average Bonchev–Trinajstić information content (AvgIpc) is 3.87. The Labute approximate surface area is 411 Å². The lowest BCUT2D eigenvalue weighted by Crippen LogP contribution is -2.36. The highest BCUT2D eigenvalue weighted by Gasteiger charge is 2.29. The van der Waals surface area contributed by atoms with Gasteiger partial charge in [-0.05, 0) is 105 Å². The number of fused-ring (bicyclic) bond motifs is 3. The molecule has 1 fully saturated rings. The minimum absolute atomic E-state index is 0.0822. The minimum Gasteiger partial charge on any atom is -0.478 e. The van der Waals surface area contributed by atoms with E-state index in [-0.39, 0.29) is 34.3 Å². The molecule has 8 aromatic rings. The Morgan fingerprint density at radius 3 is 1.59 bits per heavy atom. The molecule has 4 heterocycles. The maximum Gasteiger partial charge on any atom is 0.337 e. The molecule has 14 nitrogen and oxygen atoms in total. The lowest BCUT2D eigenvalue weighted by atomic mass is 9.99. The monoisotopic (exact) mass is 950 g/mol. The minimum atomic E-state index is -0.992. The number of carboxylic acids is 2. The van der Waals surface area contributed by atoms with Crippen LogP contribution in [-0.2, 0) is 27.1 Å². The topological polar surface area (TPSA) is 175 Å². The van der Waals surface area contributed by atoms with E-state index in [4.69, 9.17) is 9.97 Å². The molecule has 10 rings (SSSR count). The first-order chi connectivity index (χ1) is 34.2. The number of hydrogen-bond acceptors (Lipinski definition) is 10. The third-order valence-corrected chi connectivity index (χ3v) is 13.8. The van der Waals surface area contributed by atoms with Crippen LogP contribution in [0.4, 0.5) is 23.3 Å². The van der Waals surface area contributed by atoms with Crippen LogP contribution in [0.5, 0.6) is 0 Å². The molecule has 1 saturated heterocycles. The Hall–Kier alpha value is -8.26. The zero-order valence-electron chi connectivity index (χ0n) is 40.8. The van der Waals surface area contributed by atoms with Crippen molar-refractivity contribution in [2.24, 2.45) is 14.1 Å². The molecular weight excluding hydrogens is 893 g/mol. The summed E-state index contributed by atoms with van der Waals surface area (Å²) in [5.41, 5.74) is 10.1. The van der Waals surface area contributed by atoms with Crippen molar-refractivity contribution >= 4 is 57.0 Å². The Balaban J connectivity index is 0.000000176. The molecule has 0 amide bonds. The molecule has 2 aromatic heterocycles. The summed E-state index contributed by atoms with van der Waals surface area (Å²) < 4.78 is 3.29. The van der Waals surface area contributed by atoms with Crippen LogP contribution in [0.1, 0.15) is 97.9 Å². The quantitative estimate of drug-likeness (QED) is 0.0968. The van der Waals surface area contributed by atoms with Crippen LogP contribution >= 0.6 is 0 Å². The van der Waals surface area contributed by atoms with Gasteiger partial charge in [0.1, 0.15) is 0 Å². The molecule has 0 spiro atoms. The van der Waals surface area contributed by atoms with Crippen LogP contribution in [-0.4, -0.2) is 60.9 Å². The van der Waals surface area contributed by atoms with E-state index in [1.165, 1.54) is 16.7 Å². The molecule has 6 aromatic carbocycles. The Kier molecular flexibility index (Phi) is 13.5. The van der Waals surface area contributed by atoms with Crippen LogP contribution in [0, 0.1) is 13.8 Å². The second-order valence-electron chi connectivity index (χ2n) is 18.8. The molecule has 3 unspecified atom stereocenters. The first-order valence-corrected chi connectivity index (χ1v) is 24.0. The predicted octanol–water partition coefficient (Wildman–Crippen LogP) is 9.78. The Bertz CT molecular complexity index is 3460. The second kappa shape index (κ2) is 20.0. The zero-order valence-corrected chi connectivity index (χ0v) is 40.8. The van der Waals surface area contributed by atoms with Crippen molar-refractivity contribution in [3.05, 3.63) is 198 Å². The molecule has 0 saturated carbocycles. The van der Waals surface area contributed by atoms with E-state index in [2.05, 4.69) is 62.9 Å². The summed E-state index contributed by atoms with van der Waals surface area (Å²) in [5.74, 6) is -0.288. The van der Waals surface area contributed by atoms with E-state index < -0.39 is 11.9 Å². The SMILES string of the molecule is Cc1cc(C(C)Nc2ccccc2C(=O)O)c2nc(N3CCC(c4ccccc4)C3)n(C)c(=O)c2c1.Cc1cc(C(C)Nc2ccccc2C(=O)O)c2nc(N3CCc4ccccc4C3)n(C)c(=O)c2c1. The smallest absolute Gasteiger partial charge is 0.337 e. The van der Waals surface area contributed by atoms with Crippen molar-refractivity contribution < 1.29 is 19.8 Å². The third-order valence-electron chi connectivity index (χ3n) is 13.8. The van der Waals surface area contributed by atoms with E-state index in [0.717, 1.165) is 54.7 Å². The van der Waals surface area contributed by atoms with E-state index in [0.29, 0.717) is 57.5 Å². The number of carboxylic acid groups (broad SMARTS) is 2. The molecule has 0 aliphatic carbocycles. The largest absolute Gasteiger partial charge is 0.478 e. The first-order valence-electron chi connectivity index (χ1n) is 24.0. The number of carbonyl (C=O) groups is 2. The number of para-hydroxylation sites is 2. The van der Waals surface area contributed by atoms with Gasteiger partial charge in [0.25, 0.3) is 11.1 Å². The molecule has 0 radical (unpaired) electrons. The van der Waals surface area contributed by atoms with Crippen molar-refractivity contribution in [1.29, 1.82) is 0 Å². The molecule has 0 bridgehead atoms. The first kappa shape index (κ1) is 47.8. The fourth-order valence-corrected chi connectivity index (χ4v) is 10.1. The number of aryl methyl sites for hydroxylation is 2. The van der Waals surface area contributed by atoms with E-state index in [9.17, 15) is 29.4 Å². The highest BCUT2D eigenvalue weighted by Crippen LogP contribution is 2.34. The maximum absolute atomic E-state index is 13.5. The van der Waals surface area contributed by atoms with Crippen LogP contribution < -0.4 is 31.6 Å². The zero-order chi connectivity index (χ0) is 50.1. The number of anilines is 4. The summed E-state index contributed by atoms with van der Waals surface area (Å²) in [6.07, 6.45) is 1.90. The molecule has 3 atom stereocenters. The fraction of sp³-hybridized carbons (Fsp3) is 0.263. The van der Waals surface area contributed by atoms with E-state index in [1.54, 1.807) is 71.8 Å². The third kappa shape index (κ3) is 9.70. The van der Waals surface area contributed by atoms with Crippen molar-refractivity contribution in [2.45, 2.75) is 65.1 Å². The van der Waals surface area contributed by atoms with E-state index in [1.807, 2.05) is 64.1 Å². The lowest BCUT2D eigenvalue weighted by Gasteiger charge is -2.31. The Morgan fingerprint density at radius 1 is 0.606 bits per heavy atom. The standard InChI is InChI=1S/C29H30N4O3.C28H28N4O3/c1-18-15-23(19(2)30-25-12-8-7-11-22(25)28(35)36)26-24(16-18)27(34)32(3)29(31-26)33-14-13-21(17-33)20-9-5-4-6-10-20;1-17-14-22(18(2)29-24-11-7-6-10-21(24)27(34)35)25-23(15-17)26(33)31(3)28(30-25)32-13-12-19-8-4-5-9-20(19)16-32/h4-12,15-16,19,21,30H,13-14,17H2,1-3H3,(H,35,36);4-11,14-15,18,29H,12-13,16H2,1-3H3,(H,34,35). The number of hydrogen-bond donors (Lipinski definition) is 4. The van der Waals surface area contributed by atoms with Gasteiger partial charge in [-0.1, -0.05) is 91.0 Å². The molecular formula is C57H58N8O6. The number of benzene rings is 6. The summed E-state index contributed by atoms with van der Waals surface area (Å²) in [4.78, 5) is 64.8. The van der Waals surface area contributed by atoms with Crippen LogP contribution in [0.2, 0.25) is 0 Å². The van der Waals surface area contributed by atoms with Gasteiger partial charge in [-0.15, -0.1) is 0 Å². The number of rotatable bonds is 11. The van der Waals surface area contributed by atoms with Crippen LogP contribution in [0.3, 0.4) is 0 Å². The second-order valence-corrected chi connectivity index (χ2v) is 18.8. The van der Waals surface area contributed by atoms with Gasteiger partial charge in [-0.3, -0.25) is 18.7 Å². The summed E-state index contributed by atoms with van der Waals surface area (Å²) >= 11 is 0. The highest BCUT2D eigenvalue weighted by molar-refractivity contribution is 5.95. The molecule has 2 aliphatic heterocycles. The maximum atomic E-state index is 13.5. The number of aromatic carboxylic acids is 2. The molecule has 14 heteroatoms. The predicted molar refractivity (Wildman–Crippen MR) is 282 cm³/mol. The number of aromatic nitrogens is 4. The normalized spacial score (nSPS) is 15.2. The summed E-state index contributed by atoms with van der Waals surface area (Å²) in [6, 6.07) is 39.8. The van der Waals surface area contributed by atoms with E-state index >= 15 is 0 Å². The number of nitrogens with one attached hydrogen (secondary N) is 2. The molecule has 71 heavy (non-hydrogen) atoms. The summed E-state index contributed by atoms with van der Waals surface area (Å²) in [6.45, 7) is 10.9. The van der Waals surface area contributed by atoms with Crippen LogP contribution in [0.15, 0.2) is 137 Å². The summed E-state index contributed by atoms with van der Waals surface area (Å²) in [5, 5.41) is 27.0. The molecule has 4 N–H and O–H groups in total. The summed E-state index contributed by atoms with van der Waals surface area (Å²) in [7, 11) is 3.56. The number of nitrogens with zero attached hydrogens (tertiary/aromatic N) is 6. The molecule has 362 valence electrons. The lowest BCUT2D eigenvalue weighted by molar-refractivity contribution is 0.0687. The Morgan fingerprint density at radius 2 is 1.07 bits per heavy atom. The van der Waals surface area contributed by atoms with Gasteiger partial charge in [-0.2, -0.15) is 0 Å². The van der Waals surface area contributed by atoms with Gasteiger partial charge in [0, 0.05) is 68.7 Å². The van der Waals surface area contributed by atoms with Gasteiger partial charge < -0.3 is 30.6 Å². The van der Waals surface area contributed by atoms with Gasteiger partial charge in [-0.25, -0.2) is 19.6 Å². The van der Waals surface area contributed by atoms with Gasteiger partial charge >= 0.3 is 11.9 Å². The van der Waals surface area contributed by atoms with Gasteiger partial charge in [0.2, 0.25) is 11.9 Å². The van der Waals surface area contributed by atoms with Crippen molar-refractivity contribution in [3.8, 4) is 0 Å². The average molecular weight is 951 g/mol. The van der Waals surface area contributed by atoms with Crippen molar-refractivity contribution in [1.82, 2.24) is 19.1 Å². The van der Waals surface area contributed by atoms with Crippen LogP contribution in [0.25, 0.3) is 21.8 Å². The van der Waals surface area contributed by atoms with Gasteiger partial charge in [0.15, 0.2) is 0 Å². The van der Waals surface area contributed by atoms with Crippen molar-refractivity contribution in [2.75, 3.05) is 40.1 Å².